The van der Waals surface area contributed by atoms with E-state index in [9.17, 15) is 14.4 Å². The van der Waals surface area contributed by atoms with Crippen LogP contribution >= 0.6 is 0 Å². The van der Waals surface area contributed by atoms with Crippen molar-refractivity contribution in [2.75, 3.05) is 13.2 Å². The highest BCUT2D eigenvalue weighted by atomic mass is 16.6. The van der Waals surface area contributed by atoms with Gasteiger partial charge in [0.15, 0.2) is 18.3 Å². The zero-order valence-electron chi connectivity index (χ0n) is 10.5. The Kier molecular flexibility index (Phi) is 5.08. The number of ether oxygens (including phenoxy) is 4. The van der Waals surface area contributed by atoms with E-state index in [1.165, 1.54) is 20.8 Å². The quantitative estimate of drug-likeness (QED) is 0.513. The summed E-state index contributed by atoms with van der Waals surface area (Å²) in [6, 6.07) is 0. The summed E-state index contributed by atoms with van der Waals surface area (Å²) < 4.78 is 20.2. The third-order valence-corrected chi connectivity index (χ3v) is 2.23. The van der Waals surface area contributed by atoms with Crippen LogP contribution in [0.3, 0.4) is 0 Å². The minimum absolute atomic E-state index is 0.0926. The fourth-order valence-corrected chi connectivity index (χ4v) is 1.70. The highest BCUT2D eigenvalue weighted by molar-refractivity contribution is 5.68. The first kappa shape index (κ1) is 14.4. The smallest absolute Gasteiger partial charge is 0.303 e. The average Bonchev–Trinajstić information content (AvgIpc) is 2.20. The molecule has 1 saturated heterocycles. The highest BCUT2D eigenvalue weighted by Gasteiger charge is 2.40. The lowest BCUT2D eigenvalue weighted by atomic mass is 10.1. The molecule has 1 heterocycles. The van der Waals surface area contributed by atoms with Gasteiger partial charge in [0.2, 0.25) is 0 Å². The van der Waals surface area contributed by atoms with Gasteiger partial charge in [-0.1, -0.05) is 0 Å². The van der Waals surface area contributed by atoms with E-state index in [0.717, 1.165) is 0 Å². The molecule has 0 aromatic rings. The molecule has 0 aromatic heterocycles. The van der Waals surface area contributed by atoms with Gasteiger partial charge in [-0.15, -0.1) is 0 Å². The minimum atomic E-state index is -0.843. The van der Waals surface area contributed by atoms with Crippen molar-refractivity contribution < 1.29 is 33.3 Å². The first-order valence-corrected chi connectivity index (χ1v) is 5.49. The zero-order chi connectivity index (χ0) is 13.7. The van der Waals surface area contributed by atoms with Crippen LogP contribution in [0.5, 0.6) is 0 Å². The predicted molar refractivity (Wildman–Crippen MR) is 57.5 cm³/mol. The largest absolute Gasteiger partial charge is 0.456 e. The van der Waals surface area contributed by atoms with E-state index in [2.05, 4.69) is 0 Å². The van der Waals surface area contributed by atoms with Gasteiger partial charge in [-0.3, -0.25) is 14.4 Å². The van der Waals surface area contributed by atoms with Crippen molar-refractivity contribution in [2.24, 2.45) is 0 Å². The normalized spacial score (nSPS) is 27.2. The number of esters is 3. The van der Waals surface area contributed by atoms with E-state index in [1.807, 2.05) is 0 Å². The second-order valence-electron chi connectivity index (χ2n) is 3.91. The maximum Gasteiger partial charge on any atom is 0.303 e. The van der Waals surface area contributed by atoms with Gasteiger partial charge in [0, 0.05) is 20.8 Å². The van der Waals surface area contributed by atoms with Crippen LogP contribution in [0.4, 0.5) is 0 Å². The molecule has 0 N–H and O–H groups in total. The molecule has 0 bridgehead atoms. The number of hydrogen-bond acceptors (Lipinski definition) is 7. The Morgan fingerprint density at radius 3 is 1.56 bits per heavy atom. The van der Waals surface area contributed by atoms with Crippen LogP contribution < -0.4 is 0 Å². The number of hydrogen-bond donors (Lipinski definition) is 0. The van der Waals surface area contributed by atoms with Crippen molar-refractivity contribution in [3.05, 3.63) is 0 Å². The molecule has 1 aliphatic heterocycles. The van der Waals surface area contributed by atoms with Crippen LogP contribution in [0.15, 0.2) is 0 Å². The van der Waals surface area contributed by atoms with Crippen molar-refractivity contribution in [3.8, 4) is 0 Å². The van der Waals surface area contributed by atoms with Crippen LogP contribution in [0, 0.1) is 0 Å². The van der Waals surface area contributed by atoms with Crippen LogP contribution in [-0.2, 0) is 33.3 Å². The number of carbonyl (C=O) groups is 3. The summed E-state index contributed by atoms with van der Waals surface area (Å²) in [6.45, 7) is 3.89. The average molecular weight is 260 g/mol. The van der Waals surface area contributed by atoms with Crippen molar-refractivity contribution in [3.63, 3.8) is 0 Å². The molecule has 0 aromatic carbocycles. The first-order valence-electron chi connectivity index (χ1n) is 5.49. The Hall–Kier alpha value is -1.63. The van der Waals surface area contributed by atoms with Gasteiger partial charge in [-0.05, 0) is 0 Å². The van der Waals surface area contributed by atoms with Crippen LogP contribution in [-0.4, -0.2) is 49.4 Å². The van der Waals surface area contributed by atoms with Gasteiger partial charge < -0.3 is 18.9 Å². The molecule has 0 radical (unpaired) electrons. The predicted octanol–water partition coefficient (Wildman–Crippen LogP) is -0.188. The summed E-state index contributed by atoms with van der Waals surface area (Å²) >= 11 is 0. The van der Waals surface area contributed by atoms with Crippen molar-refractivity contribution in [1.82, 2.24) is 0 Å². The molecule has 0 amide bonds. The lowest BCUT2D eigenvalue weighted by molar-refractivity contribution is -0.208. The van der Waals surface area contributed by atoms with E-state index >= 15 is 0 Å². The molecule has 0 saturated carbocycles. The first-order chi connectivity index (χ1) is 8.40. The highest BCUT2D eigenvalue weighted by Crippen LogP contribution is 2.19. The Labute approximate surface area is 104 Å². The molecule has 7 heteroatoms. The lowest BCUT2D eigenvalue weighted by Crippen LogP contribution is -2.53. The molecule has 1 rings (SSSR count). The molecule has 0 spiro atoms. The van der Waals surface area contributed by atoms with Gasteiger partial charge in [0.25, 0.3) is 0 Å². The van der Waals surface area contributed by atoms with Gasteiger partial charge in [-0.25, -0.2) is 0 Å². The Balaban J connectivity index is 2.78. The molecule has 3 atom stereocenters. The van der Waals surface area contributed by atoms with Crippen molar-refractivity contribution in [1.29, 1.82) is 0 Å². The molecular weight excluding hydrogens is 244 g/mol. The molecule has 1 fully saturated rings. The summed E-state index contributed by atoms with van der Waals surface area (Å²) in [7, 11) is 0. The maximum atomic E-state index is 11.0. The van der Waals surface area contributed by atoms with Gasteiger partial charge in [0.05, 0.1) is 13.2 Å². The molecule has 7 nitrogen and oxygen atoms in total. The summed E-state index contributed by atoms with van der Waals surface area (Å²) in [4.78, 5) is 32.9. The Morgan fingerprint density at radius 1 is 0.833 bits per heavy atom. The molecule has 2 unspecified atom stereocenters. The number of carbonyl (C=O) groups excluding carboxylic acids is 3. The van der Waals surface area contributed by atoms with E-state index in [1.54, 1.807) is 0 Å². The molecule has 102 valence electrons. The van der Waals surface area contributed by atoms with Crippen molar-refractivity contribution in [2.45, 2.75) is 39.1 Å². The monoisotopic (exact) mass is 260 g/mol. The van der Waals surface area contributed by atoms with Gasteiger partial charge in [0.1, 0.15) is 0 Å². The maximum absolute atomic E-state index is 11.0. The number of rotatable bonds is 3. The Bertz CT molecular complexity index is 314. The van der Waals surface area contributed by atoms with Crippen LogP contribution in [0.1, 0.15) is 20.8 Å². The van der Waals surface area contributed by atoms with Crippen LogP contribution in [0.2, 0.25) is 0 Å². The third kappa shape index (κ3) is 4.33. The van der Waals surface area contributed by atoms with E-state index in [4.69, 9.17) is 18.9 Å². The molecule has 0 aliphatic carbocycles. The van der Waals surface area contributed by atoms with Gasteiger partial charge >= 0.3 is 17.9 Å². The summed E-state index contributed by atoms with van der Waals surface area (Å²) in [5, 5.41) is 0. The standard InChI is InChI=1S/C11H16O7/c1-6(12)16-9-4-15-5-10(17-7(2)13)11(9)18-8(3)14/h9-11H,4-5H2,1-3H3/t9-,10?,11?/m0/s1. The summed E-state index contributed by atoms with van der Waals surface area (Å²) in [5.41, 5.74) is 0. The lowest BCUT2D eigenvalue weighted by Gasteiger charge is -2.35. The fourth-order valence-electron chi connectivity index (χ4n) is 1.70. The molecular formula is C11H16O7. The van der Waals surface area contributed by atoms with E-state index < -0.39 is 36.2 Å². The fraction of sp³-hybridized carbons (Fsp3) is 0.727. The van der Waals surface area contributed by atoms with Crippen LogP contribution in [0.25, 0.3) is 0 Å². The summed E-state index contributed by atoms with van der Waals surface area (Å²) in [6.07, 6.45) is -2.39. The molecule has 1 aliphatic rings. The van der Waals surface area contributed by atoms with E-state index in [-0.39, 0.29) is 13.2 Å². The van der Waals surface area contributed by atoms with Gasteiger partial charge in [-0.2, -0.15) is 0 Å². The topological polar surface area (TPSA) is 88.1 Å². The summed E-state index contributed by atoms with van der Waals surface area (Å²) in [5.74, 6) is -1.59. The van der Waals surface area contributed by atoms with E-state index in [0.29, 0.717) is 0 Å². The third-order valence-electron chi connectivity index (χ3n) is 2.23. The van der Waals surface area contributed by atoms with Crippen molar-refractivity contribution >= 4 is 17.9 Å². The second kappa shape index (κ2) is 6.34. The Morgan fingerprint density at radius 2 is 1.22 bits per heavy atom. The second-order valence-corrected chi connectivity index (χ2v) is 3.91. The SMILES string of the molecule is CC(=O)OC1COC[C@H](OC(C)=O)C1OC(C)=O. The minimum Gasteiger partial charge on any atom is -0.456 e. The molecule has 18 heavy (non-hydrogen) atoms. The zero-order valence-corrected chi connectivity index (χ0v) is 10.5.